The van der Waals surface area contributed by atoms with Gasteiger partial charge in [-0.2, -0.15) is 0 Å². The van der Waals surface area contributed by atoms with Gasteiger partial charge in [0.2, 0.25) is 11.8 Å². The lowest BCUT2D eigenvalue weighted by molar-refractivity contribution is -0.127. The van der Waals surface area contributed by atoms with Crippen molar-refractivity contribution >= 4 is 23.2 Å². The van der Waals surface area contributed by atoms with Crippen LogP contribution in [0.5, 0.6) is 0 Å². The summed E-state index contributed by atoms with van der Waals surface area (Å²) in [4.78, 5) is 24.8. The van der Waals surface area contributed by atoms with Gasteiger partial charge in [0, 0.05) is 4.88 Å². The minimum absolute atomic E-state index is 0.0122. The fourth-order valence-corrected chi connectivity index (χ4v) is 2.71. The molecule has 1 aromatic rings. The van der Waals surface area contributed by atoms with Gasteiger partial charge in [-0.15, -0.1) is 11.3 Å². The van der Waals surface area contributed by atoms with Crippen molar-refractivity contribution < 1.29 is 9.59 Å². The summed E-state index contributed by atoms with van der Waals surface area (Å²) < 4.78 is 0. The first-order chi connectivity index (χ1) is 9.95. The molecule has 6 heteroatoms. The molecule has 1 rings (SSSR count). The van der Waals surface area contributed by atoms with E-state index in [9.17, 15) is 9.59 Å². The monoisotopic (exact) mass is 311 g/mol. The van der Waals surface area contributed by atoms with E-state index in [1.165, 1.54) is 0 Å². The summed E-state index contributed by atoms with van der Waals surface area (Å²) >= 11 is 1.62. The van der Waals surface area contributed by atoms with Crippen molar-refractivity contribution in [2.24, 2.45) is 11.7 Å². The third-order valence-corrected chi connectivity index (χ3v) is 4.23. The summed E-state index contributed by atoms with van der Waals surface area (Å²) in [5.41, 5.74) is 5.73. The molecule has 0 radical (unpaired) electrons. The Kier molecular flexibility index (Phi) is 7.39. The van der Waals surface area contributed by atoms with E-state index in [1.54, 1.807) is 11.3 Å². The zero-order valence-electron chi connectivity index (χ0n) is 12.9. The minimum atomic E-state index is -0.582. The van der Waals surface area contributed by atoms with Gasteiger partial charge in [0.05, 0.1) is 18.6 Å². The lowest BCUT2D eigenvalue weighted by Gasteiger charge is -2.18. The zero-order chi connectivity index (χ0) is 15.8. The fourth-order valence-electron chi connectivity index (χ4n) is 1.90. The quantitative estimate of drug-likeness (QED) is 0.684. The van der Waals surface area contributed by atoms with Crippen LogP contribution in [0.3, 0.4) is 0 Å². The molecule has 1 aromatic heterocycles. The summed E-state index contributed by atoms with van der Waals surface area (Å²) in [6.07, 6.45) is 1.86. The maximum atomic E-state index is 12.0. The van der Waals surface area contributed by atoms with Crippen LogP contribution >= 0.6 is 11.3 Å². The summed E-state index contributed by atoms with van der Waals surface area (Å²) in [6, 6.07) is 3.41. The predicted octanol–water partition coefficient (Wildman–Crippen LogP) is 1.81. The molecule has 0 saturated carbocycles. The third-order valence-electron chi connectivity index (χ3n) is 3.24. The molecule has 0 aromatic carbocycles. The third kappa shape index (κ3) is 5.85. The van der Waals surface area contributed by atoms with Crippen LogP contribution in [0.25, 0.3) is 0 Å². The molecule has 0 saturated heterocycles. The average molecular weight is 311 g/mol. The van der Waals surface area contributed by atoms with Crippen molar-refractivity contribution in [1.29, 1.82) is 0 Å². The van der Waals surface area contributed by atoms with Crippen LogP contribution in [-0.4, -0.2) is 24.4 Å². The van der Waals surface area contributed by atoms with E-state index in [1.807, 2.05) is 31.4 Å². The second kappa shape index (κ2) is 8.79. The Labute approximate surface area is 130 Å². The lowest BCUT2D eigenvalue weighted by Crippen LogP contribution is -2.47. The number of thiophene rings is 1. The highest BCUT2D eigenvalue weighted by Gasteiger charge is 2.19. The summed E-state index contributed by atoms with van der Waals surface area (Å²) in [5.74, 6) is -0.429. The molecule has 1 heterocycles. The van der Waals surface area contributed by atoms with Gasteiger partial charge >= 0.3 is 0 Å². The van der Waals surface area contributed by atoms with Crippen molar-refractivity contribution in [3.63, 3.8) is 0 Å². The number of carbonyl (C=O) groups excluding carboxylic acids is 2. The number of nitrogens with one attached hydrogen (secondary N) is 2. The number of amides is 2. The molecular weight excluding hydrogens is 286 g/mol. The van der Waals surface area contributed by atoms with Crippen LogP contribution in [0, 0.1) is 5.92 Å². The van der Waals surface area contributed by atoms with Gasteiger partial charge in [0.15, 0.2) is 0 Å². The van der Waals surface area contributed by atoms with Gasteiger partial charge in [-0.05, 0) is 23.8 Å². The van der Waals surface area contributed by atoms with Crippen molar-refractivity contribution in [1.82, 2.24) is 10.6 Å². The predicted molar refractivity (Wildman–Crippen MR) is 85.9 cm³/mol. The summed E-state index contributed by atoms with van der Waals surface area (Å²) in [6.45, 7) is 5.79. The van der Waals surface area contributed by atoms with Gasteiger partial charge in [0.1, 0.15) is 0 Å². The van der Waals surface area contributed by atoms with Crippen molar-refractivity contribution in [2.45, 2.75) is 45.7 Å². The zero-order valence-corrected chi connectivity index (χ0v) is 13.7. The van der Waals surface area contributed by atoms with Crippen LogP contribution in [0.1, 0.15) is 44.5 Å². The number of hydrogen-bond donors (Lipinski definition) is 3. The molecule has 118 valence electrons. The van der Waals surface area contributed by atoms with E-state index in [0.717, 1.165) is 17.7 Å². The van der Waals surface area contributed by atoms with E-state index in [4.69, 9.17) is 5.73 Å². The van der Waals surface area contributed by atoms with Crippen LogP contribution in [0.2, 0.25) is 0 Å². The van der Waals surface area contributed by atoms with E-state index < -0.39 is 6.04 Å². The standard InChI is InChI=1S/C15H25N3O2S/c1-4-6-11(12-7-5-8-21-12)18-13(19)9-17-15(20)14(16)10(2)3/h5,7-8,10-11,14H,4,6,9,16H2,1-3H3,(H,17,20)(H,18,19)/t11?,14-/m0/s1. The van der Waals surface area contributed by atoms with Gasteiger partial charge in [-0.3, -0.25) is 9.59 Å². The van der Waals surface area contributed by atoms with Crippen molar-refractivity contribution in [2.75, 3.05) is 6.54 Å². The molecule has 4 N–H and O–H groups in total. The van der Waals surface area contributed by atoms with E-state index in [-0.39, 0.29) is 30.3 Å². The SMILES string of the molecule is CCCC(NC(=O)CNC(=O)[C@@H](N)C(C)C)c1cccs1. The molecule has 5 nitrogen and oxygen atoms in total. The maximum absolute atomic E-state index is 12.0. The Balaban J connectivity index is 2.46. The summed E-state index contributed by atoms with van der Waals surface area (Å²) in [5, 5.41) is 7.54. The minimum Gasteiger partial charge on any atom is -0.347 e. The molecular formula is C15H25N3O2S. The van der Waals surface area contributed by atoms with Crippen molar-refractivity contribution in [3.05, 3.63) is 22.4 Å². The molecule has 1 unspecified atom stereocenters. The molecule has 2 amide bonds. The summed E-state index contributed by atoms with van der Waals surface area (Å²) in [7, 11) is 0. The van der Waals surface area contributed by atoms with Gasteiger partial charge < -0.3 is 16.4 Å². The van der Waals surface area contributed by atoms with Crippen LogP contribution in [0.4, 0.5) is 0 Å². The average Bonchev–Trinajstić information content (AvgIpc) is 2.97. The fraction of sp³-hybridized carbons (Fsp3) is 0.600. The first-order valence-corrected chi connectivity index (χ1v) is 8.19. The largest absolute Gasteiger partial charge is 0.347 e. The van der Waals surface area contributed by atoms with Crippen LogP contribution in [0.15, 0.2) is 17.5 Å². The molecule has 0 fully saturated rings. The highest BCUT2D eigenvalue weighted by atomic mass is 32.1. The Morgan fingerprint density at radius 2 is 2.10 bits per heavy atom. The molecule has 0 bridgehead atoms. The first kappa shape index (κ1) is 17.7. The van der Waals surface area contributed by atoms with E-state index in [0.29, 0.717) is 0 Å². The highest BCUT2D eigenvalue weighted by molar-refractivity contribution is 7.10. The molecule has 0 aliphatic carbocycles. The lowest BCUT2D eigenvalue weighted by atomic mass is 10.1. The Bertz CT molecular complexity index is 446. The Morgan fingerprint density at radius 3 is 2.62 bits per heavy atom. The van der Waals surface area contributed by atoms with Gasteiger partial charge in [-0.1, -0.05) is 33.3 Å². The van der Waals surface area contributed by atoms with E-state index >= 15 is 0 Å². The number of rotatable bonds is 8. The van der Waals surface area contributed by atoms with E-state index in [2.05, 4.69) is 17.6 Å². The highest BCUT2D eigenvalue weighted by Crippen LogP contribution is 2.22. The topological polar surface area (TPSA) is 84.2 Å². The Hall–Kier alpha value is -1.40. The molecule has 0 aliphatic heterocycles. The molecule has 0 aliphatic rings. The Morgan fingerprint density at radius 1 is 1.38 bits per heavy atom. The smallest absolute Gasteiger partial charge is 0.239 e. The molecule has 0 spiro atoms. The molecule has 21 heavy (non-hydrogen) atoms. The van der Waals surface area contributed by atoms with Crippen LogP contribution in [-0.2, 0) is 9.59 Å². The normalized spacial score (nSPS) is 13.8. The second-order valence-electron chi connectivity index (χ2n) is 5.41. The van der Waals surface area contributed by atoms with Gasteiger partial charge in [0.25, 0.3) is 0 Å². The molecule has 2 atom stereocenters. The second-order valence-corrected chi connectivity index (χ2v) is 6.39. The van der Waals surface area contributed by atoms with Gasteiger partial charge in [-0.25, -0.2) is 0 Å². The first-order valence-electron chi connectivity index (χ1n) is 7.31. The number of carbonyl (C=O) groups is 2. The number of nitrogens with two attached hydrogens (primary N) is 1. The van der Waals surface area contributed by atoms with Crippen LogP contribution < -0.4 is 16.4 Å². The van der Waals surface area contributed by atoms with Crippen molar-refractivity contribution in [3.8, 4) is 0 Å². The number of hydrogen-bond acceptors (Lipinski definition) is 4. The maximum Gasteiger partial charge on any atom is 0.239 e.